The summed E-state index contributed by atoms with van der Waals surface area (Å²) in [5.74, 6) is -0.544. The Bertz CT molecular complexity index is 500. The molecule has 110 valence electrons. The van der Waals surface area contributed by atoms with Gasteiger partial charge in [0.1, 0.15) is 5.69 Å². The van der Waals surface area contributed by atoms with Crippen LogP contribution in [0.5, 0.6) is 0 Å². The van der Waals surface area contributed by atoms with Crippen LogP contribution in [0.25, 0.3) is 0 Å². The van der Waals surface area contributed by atoms with Gasteiger partial charge in [-0.15, -0.1) is 0 Å². The summed E-state index contributed by atoms with van der Waals surface area (Å²) in [5, 5.41) is 23.0. The fourth-order valence-corrected chi connectivity index (χ4v) is 1.86. The summed E-state index contributed by atoms with van der Waals surface area (Å²) in [4.78, 5) is 21.4. The Hall–Kier alpha value is -2.11. The van der Waals surface area contributed by atoms with E-state index >= 15 is 0 Å². The zero-order valence-electron chi connectivity index (χ0n) is 11.9. The fourth-order valence-electron chi connectivity index (χ4n) is 1.86. The van der Waals surface area contributed by atoms with E-state index in [-0.39, 0.29) is 23.0 Å². The molecule has 0 bridgehead atoms. The van der Waals surface area contributed by atoms with Crippen molar-refractivity contribution in [1.29, 1.82) is 0 Å². The topological polar surface area (TPSA) is 92.5 Å². The standard InChI is InChI=1S/C14H20N2O4/c1-9(2)4-5-10(3)15-12-8-11(14(17)18)6-7-13(12)16(19)20/h6-10,15H,4-5H2,1-3H3,(H,17,18). The van der Waals surface area contributed by atoms with Gasteiger partial charge >= 0.3 is 5.97 Å². The predicted octanol–water partition coefficient (Wildman–Crippen LogP) is 3.53. The number of anilines is 1. The van der Waals surface area contributed by atoms with E-state index in [1.807, 2.05) is 6.92 Å². The number of carbonyl (C=O) groups is 1. The second kappa shape index (κ2) is 6.88. The Morgan fingerprint density at radius 3 is 2.50 bits per heavy atom. The zero-order valence-corrected chi connectivity index (χ0v) is 11.9. The first-order valence-corrected chi connectivity index (χ1v) is 6.59. The summed E-state index contributed by atoms with van der Waals surface area (Å²) in [5.41, 5.74) is 0.187. The highest BCUT2D eigenvalue weighted by Gasteiger charge is 2.18. The molecule has 0 spiro atoms. The minimum absolute atomic E-state index is 0.0363. The summed E-state index contributed by atoms with van der Waals surface area (Å²) in [7, 11) is 0. The Morgan fingerprint density at radius 2 is 2.00 bits per heavy atom. The molecule has 0 aliphatic rings. The molecule has 1 aromatic carbocycles. The Labute approximate surface area is 118 Å². The second-order valence-corrected chi connectivity index (χ2v) is 5.31. The number of nitrogens with zero attached hydrogens (tertiary/aromatic N) is 1. The minimum atomic E-state index is -1.10. The molecule has 0 aliphatic carbocycles. The highest BCUT2D eigenvalue weighted by Crippen LogP contribution is 2.27. The smallest absolute Gasteiger partial charge is 0.335 e. The average Bonchev–Trinajstić information content (AvgIpc) is 2.35. The lowest BCUT2D eigenvalue weighted by atomic mass is 10.0. The lowest BCUT2D eigenvalue weighted by Crippen LogP contribution is -2.17. The third-order valence-corrected chi connectivity index (χ3v) is 3.02. The molecule has 6 nitrogen and oxygen atoms in total. The summed E-state index contributed by atoms with van der Waals surface area (Å²) in [6, 6.07) is 3.82. The molecule has 20 heavy (non-hydrogen) atoms. The normalized spacial score (nSPS) is 12.2. The van der Waals surface area contributed by atoms with Gasteiger partial charge in [0.15, 0.2) is 0 Å². The molecular weight excluding hydrogens is 260 g/mol. The van der Waals surface area contributed by atoms with Crippen molar-refractivity contribution in [2.75, 3.05) is 5.32 Å². The van der Waals surface area contributed by atoms with Crippen molar-refractivity contribution < 1.29 is 14.8 Å². The van der Waals surface area contributed by atoms with Crippen molar-refractivity contribution in [3.63, 3.8) is 0 Å². The Kier molecular flexibility index (Phi) is 5.49. The van der Waals surface area contributed by atoms with Crippen LogP contribution in [-0.2, 0) is 0 Å². The molecule has 0 saturated heterocycles. The van der Waals surface area contributed by atoms with Crippen LogP contribution < -0.4 is 5.32 Å². The molecule has 1 rings (SSSR count). The van der Waals surface area contributed by atoms with E-state index in [0.717, 1.165) is 12.8 Å². The highest BCUT2D eigenvalue weighted by atomic mass is 16.6. The first-order chi connectivity index (χ1) is 9.31. The molecule has 6 heteroatoms. The predicted molar refractivity (Wildman–Crippen MR) is 77.2 cm³/mol. The molecule has 0 radical (unpaired) electrons. The van der Waals surface area contributed by atoms with E-state index in [4.69, 9.17) is 5.11 Å². The van der Waals surface area contributed by atoms with Gasteiger partial charge in [0.2, 0.25) is 0 Å². The van der Waals surface area contributed by atoms with E-state index in [9.17, 15) is 14.9 Å². The maximum Gasteiger partial charge on any atom is 0.335 e. The Balaban J connectivity index is 2.92. The quantitative estimate of drug-likeness (QED) is 0.588. The van der Waals surface area contributed by atoms with E-state index in [2.05, 4.69) is 19.2 Å². The molecule has 2 N–H and O–H groups in total. The van der Waals surface area contributed by atoms with Gasteiger partial charge in [0.05, 0.1) is 10.5 Å². The lowest BCUT2D eigenvalue weighted by molar-refractivity contribution is -0.384. The van der Waals surface area contributed by atoms with Gasteiger partial charge in [0.25, 0.3) is 5.69 Å². The third kappa shape index (κ3) is 4.53. The van der Waals surface area contributed by atoms with E-state index < -0.39 is 10.9 Å². The minimum Gasteiger partial charge on any atom is -0.478 e. The van der Waals surface area contributed by atoms with Crippen LogP contribution >= 0.6 is 0 Å². The van der Waals surface area contributed by atoms with Crippen molar-refractivity contribution in [1.82, 2.24) is 0 Å². The number of nitro groups is 1. The fraction of sp³-hybridized carbons (Fsp3) is 0.500. The largest absolute Gasteiger partial charge is 0.478 e. The molecule has 1 unspecified atom stereocenters. The summed E-state index contributed by atoms with van der Waals surface area (Å²) in [6.45, 7) is 6.15. The molecule has 1 aromatic rings. The first-order valence-electron chi connectivity index (χ1n) is 6.59. The van der Waals surface area contributed by atoms with Crippen molar-refractivity contribution in [2.45, 2.75) is 39.7 Å². The van der Waals surface area contributed by atoms with Gasteiger partial charge in [-0.25, -0.2) is 4.79 Å². The van der Waals surface area contributed by atoms with Gasteiger partial charge in [-0.2, -0.15) is 0 Å². The van der Waals surface area contributed by atoms with Crippen molar-refractivity contribution in [3.05, 3.63) is 33.9 Å². The molecule has 0 aliphatic heterocycles. The van der Waals surface area contributed by atoms with E-state index in [1.165, 1.54) is 18.2 Å². The van der Waals surface area contributed by atoms with Crippen LogP contribution in [0.4, 0.5) is 11.4 Å². The van der Waals surface area contributed by atoms with Crippen molar-refractivity contribution in [2.24, 2.45) is 5.92 Å². The third-order valence-electron chi connectivity index (χ3n) is 3.02. The van der Waals surface area contributed by atoms with Gasteiger partial charge in [-0.05, 0) is 37.8 Å². The maximum absolute atomic E-state index is 11.0. The molecule has 0 saturated carbocycles. The monoisotopic (exact) mass is 280 g/mol. The number of nitro benzene ring substituents is 1. The van der Waals surface area contributed by atoms with Crippen LogP contribution in [-0.4, -0.2) is 22.0 Å². The zero-order chi connectivity index (χ0) is 15.3. The molecule has 0 heterocycles. The van der Waals surface area contributed by atoms with Crippen molar-refractivity contribution >= 4 is 17.3 Å². The number of carboxylic acid groups (broad SMARTS) is 1. The number of rotatable bonds is 7. The molecule has 1 atom stereocenters. The second-order valence-electron chi connectivity index (χ2n) is 5.31. The van der Waals surface area contributed by atoms with Crippen LogP contribution in [0.15, 0.2) is 18.2 Å². The number of hydrogen-bond acceptors (Lipinski definition) is 4. The van der Waals surface area contributed by atoms with Crippen LogP contribution in [0.1, 0.15) is 44.0 Å². The summed E-state index contributed by atoms with van der Waals surface area (Å²) < 4.78 is 0. The summed E-state index contributed by atoms with van der Waals surface area (Å²) >= 11 is 0. The Morgan fingerprint density at radius 1 is 1.35 bits per heavy atom. The first kappa shape index (κ1) is 15.9. The van der Waals surface area contributed by atoms with Gasteiger partial charge in [0, 0.05) is 12.1 Å². The number of hydrogen-bond donors (Lipinski definition) is 2. The number of nitrogens with one attached hydrogen (secondary N) is 1. The van der Waals surface area contributed by atoms with E-state index in [1.54, 1.807) is 0 Å². The maximum atomic E-state index is 11.0. The molecule has 0 amide bonds. The molecule has 0 aromatic heterocycles. The SMILES string of the molecule is CC(C)CCC(C)Nc1cc(C(=O)O)ccc1[N+](=O)[O-]. The van der Waals surface area contributed by atoms with E-state index in [0.29, 0.717) is 5.92 Å². The number of aromatic carboxylic acids is 1. The van der Waals surface area contributed by atoms with Crippen LogP contribution in [0, 0.1) is 16.0 Å². The number of benzene rings is 1. The van der Waals surface area contributed by atoms with Gasteiger partial charge in [-0.1, -0.05) is 13.8 Å². The number of carboxylic acids is 1. The molecule has 0 fully saturated rings. The van der Waals surface area contributed by atoms with Gasteiger partial charge < -0.3 is 10.4 Å². The lowest BCUT2D eigenvalue weighted by Gasteiger charge is -2.16. The summed E-state index contributed by atoms with van der Waals surface area (Å²) in [6.07, 6.45) is 1.87. The average molecular weight is 280 g/mol. The van der Waals surface area contributed by atoms with Gasteiger partial charge in [-0.3, -0.25) is 10.1 Å². The van der Waals surface area contributed by atoms with Crippen LogP contribution in [0.2, 0.25) is 0 Å². The van der Waals surface area contributed by atoms with Crippen LogP contribution in [0.3, 0.4) is 0 Å². The highest BCUT2D eigenvalue weighted by molar-refractivity contribution is 5.90. The molecular formula is C14H20N2O4. The van der Waals surface area contributed by atoms with Crippen molar-refractivity contribution in [3.8, 4) is 0 Å².